The zero-order valence-electron chi connectivity index (χ0n) is 7.33. The van der Waals surface area contributed by atoms with E-state index in [2.05, 4.69) is 0 Å². The van der Waals surface area contributed by atoms with Gasteiger partial charge in [-0.25, -0.2) is 0 Å². The molecule has 2 rings (SSSR count). The van der Waals surface area contributed by atoms with Gasteiger partial charge in [0, 0.05) is 0 Å². The highest BCUT2D eigenvalue weighted by atomic mass is 35.5. The summed E-state index contributed by atoms with van der Waals surface area (Å²) in [5.41, 5.74) is 0. The summed E-state index contributed by atoms with van der Waals surface area (Å²) in [5.74, 6) is -0.252. The molecule has 2 saturated heterocycles. The minimum Gasteiger partial charge on any atom is -0.373 e. The quantitative estimate of drug-likeness (QED) is 0.584. The summed E-state index contributed by atoms with van der Waals surface area (Å²) >= 11 is 5.66. The molecule has 0 N–H and O–H groups in total. The van der Waals surface area contributed by atoms with Crippen molar-refractivity contribution in [3.8, 4) is 0 Å². The van der Waals surface area contributed by atoms with Crippen LogP contribution in [-0.2, 0) is 18.9 Å². The van der Waals surface area contributed by atoms with E-state index >= 15 is 0 Å². The van der Waals surface area contributed by atoms with E-state index < -0.39 is 5.79 Å². The van der Waals surface area contributed by atoms with Crippen LogP contribution in [0.15, 0.2) is 0 Å². The lowest BCUT2D eigenvalue weighted by atomic mass is 10.3. The van der Waals surface area contributed by atoms with Crippen LogP contribution in [0.25, 0.3) is 0 Å². The third kappa shape index (κ3) is 2.14. The third-order valence-corrected chi connectivity index (χ3v) is 2.45. The van der Waals surface area contributed by atoms with Gasteiger partial charge in [-0.2, -0.15) is 0 Å². The van der Waals surface area contributed by atoms with Crippen molar-refractivity contribution in [2.45, 2.75) is 11.9 Å². The summed E-state index contributed by atoms with van der Waals surface area (Å²) in [7, 11) is 0. The Kier molecular flexibility index (Phi) is 3.06. The lowest BCUT2D eigenvalue weighted by molar-refractivity contribution is -0.210. The summed E-state index contributed by atoms with van der Waals surface area (Å²) in [6, 6.07) is 0. The second-order valence-corrected chi connectivity index (χ2v) is 3.53. The third-order valence-electron chi connectivity index (χ3n) is 2.10. The lowest BCUT2D eigenvalue weighted by Crippen LogP contribution is -2.40. The minimum absolute atomic E-state index is 0.0352. The normalized spacial score (nSPS) is 33.5. The van der Waals surface area contributed by atoms with Gasteiger partial charge in [-0.1, -0.05) is 0 Å². The number of halogens is 1. The van der Waals surface area contributed by atoms with Gasteiger partial charge in [0.25, 0.3) is 0 Å². The molecule has 2 fully saturated rings. The van der Waals surface area contributed by atoms with Crippen LogP contribution >= 0.6 is 11.6 Å². The zero-order chi connectivity index (χ0) is 9.15. The maximum atomic E-state index is 5.66. The van der Waals surface area contributed by atoms with Crippen LogP contribution in [-0.4, -0.2) is 50.8 Å². The Hall–Kier alpha value is 0.130. The summed E-state index contributed by atoms with van der Waals surface area (Å²) in [6.07, 6.45) is -0.0352. The number of ether oxygens (including phenoxy) is 4. The Morgan fingerprint density at radius 2 is 1.92 bits per heavy atom. The number of rotatable bonds is 1. The highest BCUT2D eigenvalue weighted by Crippen LogP contribution is 2.26. The van der Waals surface area contributed by atoms with Crippen LogP contribution in [0.4, 0.5) is 0 Å². The van der Waals surface area contributed by atoms with Gasteiger partial charge in [0.05, 0.1) is 31.8 Å². The molecule has 1 atom stereocenters. The van der Waals surface area contributed by atoms with Crippen molar-refractivity contribution in [1.29, 1.82) is 0 Å². The van der Waals surface area contributed by atoms with Crippen LogP contribution in [0.5, 0.6) is 0 Å². The molecule has 76 valence electrons. The average Bonchev–Trinajstić information content (AvgIpc) is 2.40. The van der Waals surface area contributed by atoms with E-state index in [1.807, 2.05) is 0 Å². The molecule has 0 aromatic carbocycles. The van der Waals surface area contributed by atoms with Gasteiger partial charge in [-0.3, -0.25) is 0 Å². The van der Waals surface area contributed by atoms with Gasteiger partial charge in [-0.15, -0.1) is 11.6 Å². The fraction of sp³-hybridized carbons (Fsp3) is 1.00. The van der Waals surface area contributed by atoms with E-state index in [4.69, 9.17) is 30.5 Å². The molecule has 2 aliphatic rings. The first-order chi connectivity index (χ1) is 6.35. The van der Waals surface area contributed by atoms with E-state index in [0.717, 1.165) is 0 Å². The van der Waals surface area contributed by atoms with E-state index in [1.165, 1.54) is 0 Å². The van der Waals surface area contributed by atoms with E-state index in [1.54, 1.807) is 0 Å². The fourth-order valence-corrected chi connectivity index (χ4v) is 1.61. The van der Waals surface area contributed by atoms with Crippen LogP contribution in [0.2, 0.25) is 0 Å². The second-order valence-electron chi connectivity index (χ2n) is 3.22. The highest BCUT2D eigenvalue weighted by molar-refractivity contribution is 6.18. The lowest BCUT2D eigenvalue weighted by Gasteiger charge is -2.24. The molecule has 0 bridgehead atoms. The van der Waals surface area contributed by atoms with Gasteiger partial charge in [0.1, 0.15) is 13.2 Å². The van der Waals surface area contributed by atoms with Crippen LogP contribution in [0.3, 0.4) is 0 Å². The van der Waals surface area contributed by atoms with Crippen molar-refractivity contribution in [3.05, 3.63) is 0 Å². The molecule has 0 radical (unpaired) electrons. The molecule has 13 heavy (non-hydrogen) atoms. The monoisotopic (exact) mass is 208 g/mol. The van der Waals surface area contributed by atoms with Crippen LogP contribution in [0, 0.1) is 0 Å². The van der Waals surface area contributed by atoms with Crippen molar-refractivity contribution in [2.24, 2.45) is 0 Å². The number of alkyl halides is 1. The van der Waals surface area contributed by atoms with Crippen LogP contribution in [0.1, 0.15) is 0 Å². The smallest absolute Gasteiger partial charge is 0.216 e. The van der Waals surface area contributed by atoms with Crippen molar-refractivity contribution in [3.63, 3.8) is 0 Å². The molecule has 4 nitrogen and oxygen atoms in total. The maximum absolute atomic E-state index is 5.66. The molecular weight excluding hydrogens is 196 g/mol. The zero-order valence-corrected chi connectivity index (χ0v) is 8.09. The maximum Gasteiger partial charge on any atom is 0.216 e. The molecule has 2 aliphatic heterocycles. The predicted octanol–water partition coefficient (Wildman–Crippen LogP) is 0.384. The molecule has 0 saturated carbocycles. The number of hydrogen-bond donors (Lipinski definition) is 0. The summed E-state index contributed by atoms with van der Waals surface area (Å²) < 4.78 is 21.7. The minimum atomic E-state index is -0.698. The molecule has 0 amide bonds. The largest absolute Gasteiger partial charge is 0.373 e. The first-order valence-electron chi connectivity index (χ1n) is 4.38. The SMILES string of the molecule is ClCC1COC2(COCCOC2)O1. The first-order valence-corrected chi connectivity index (χ1v) is 4.91. The highest BCUT2D eigenvalue weighted by Gasteiger charge is 2.42. The van der Waals surface area contributed by atoms with Crippen LogP contribution < -0.4 is 0 Å². The number of hydrogen-bond acceptors (Lipinski definition) is 4. The molecule has 2 heterocycles. The molecule has 1 unspecified atom stereocenters. The standard InChI is InChI=1S/C8H13ClO4/c9-3-7-4-12-8(13-7)5-10-1-2-11-6-8/h7H,1-6H2. The summed E-state index contributed by atoms with van der Waals surface area (Å²) in [4.78, 5) is 0. The Morgan fingerprint density at radius 1 is 1.23 bits per heavy atom. The van der Waals surface area contributed by atoms with Crippen molar-refractivity contribution in [2.75, 3.05) is 38.9 Å². The summed E-state index contributed by atoms with van der Waals surface area (Å²) in [5, 5.41) is 0. The van der Waals surface area contributed by atoms with E-state index in [9.17, 15) is 0 Å². The average molecular weight is 209 g/mol. The second kappa shape index (κ2) is 4.11. The van der Waals surface area contributed by atoms with Gasteiger partial charge in [0.2, 0.25) is 5.79 Å². The Bertz CT molecular complexity index is 168. The molecule has 0 aliphatic carbocycles. The van der Waals surface area contributed by atoms with Gasteiger partial charge in [0.15, 0.2) is 0 Å². The molecule has 0 aromatic heterocycles. The van der Waals surface area contributed by atoms with Crippen molar-refractivity contribution < 1.29 is 18.9 Å². The Labute approximate surface area is 82.0 Å². The molecule has 0 aromatic rings. The topological polar surface area (TPSA) is 36.9 Å². The van der Waals surface area contributed by atoms with Crippen molar-refractivity contribution in [1.82, 2.24) is 0 Å². The summed E-state index contributed by atoms with van der Waals surface area (Å²) in [6.45, 7) is 2.58. The van der Waals surface area contributed by atoms with E-state index in [-0.39, 0.29) is 6.10 Å². The van der Waals surface area contributed by atoms with Gasteiger partial charge in [-0.05, 0) is 0 Å². The first kappa shape index (κ1) is 9.68. The predicted molar refractivity (Wildman–Crippen MR) is 45.9 cm³/mol. The van der Waals surface area contributed by atoms with Gasteiger partial charge >= 0.3 is 0 Å². The molecular formula is C8H13ClO4. The molecule has 1 spiro atoms. The van der Waals surface area contributed by atoms with Crippen molar-refractivity contribution >= 4 is 11.6 Å². The fourth-order valence-electron chi connectivity index (χ4n) is 1.46. The van der Waals surface area contributed by atoms with Gasteiger partial charge < -0.3 is 18.9 Å². The molecule has 5 heteroatoms. The Morgan fingerprint density at radius 3 is 2.46 bits per heavy atom. The van der Waals surface area contributed by atoms with E-state index in [0.29, 0.717) is 38.9 Å². The Balaban J connectivity index is 1.95.